The lowest BCUT2D eigenvalue weighted by Crippen LogP contribution is -2.40. The fourth-order valence-electron chi connectivity index (χ4n) is 1.10. The van der Waals surface area contributed by atoms with Crippen molar-refractivity contribution in [1.82, 2.24) is 0 Å². The molecule has 3 nitrogen and oxygen atoms in total. The fourth-order valence-corrected chi connectivity index (χ4v) is 1.10. The van der Waals surface area contributed by atoms with Crippen LogP contribution >= 0.6 is 0 Å². The molecule has 0 aliphatic carbocycles. The fraction of sp³-hybridized carbons (Fsp3) is 1.00. The molecule has 0 saturated carbocycles. The molecule has 1 fully saturated rings. The average Bonchev–Trinajstić information content (AvgIpc) is 1.95. The smallest absolute Gasteiger partial charge is 0.0588 e. The zero-order valence-corrected chi connectivity index (χ0v) is 7.14. The predicted molar refractivity (Wildman–Crippen MR) is 43.4 cm³/mol. The van der Waals surface area contributed by atoms with Crippen LogP contribution in [0.15, 0.2) is 0 Å². The van der Waals surface area contributed by atoms with Crippen molar-refractivity contribution in [2.75, 3.05) is 33.0 Å². The van der Waals surface area contributed by atoms with Gasteiger partial charge < -0.3 is 15.2 Å². The van der Waals surface area contributed by atoms with Crippen molar-refractivity contribution in [2.45, 2.75) is 13.3 Å². The monoisotopic (exact) mass is 159 g/mol. The summed E-state index contributed by atoms with van der Waals surface area (Å²) in [5.74, 6) is 0. The minimum atomic E-state index is 0.384. The van der Waals surface area contributed by atoms with E-state index in [1.165, 1.54) is 0 Å². The highest BCUT2D eigenvalue weighted by molar-refractivity contribution is 4.80. The van der Waals surface area contributed by atoms with Gasteiger partial charge in [-0.05, 0) is 6.42 Å². The molecule has 1 rings (SSSR count). The van der Waals surface area contributed by atoms with Gasteiger partial charge in [0.05, 0.1) is 19.8 Å². The van der Waals surface area contributed by atoms with Crippen molar-refractivity contribution in [3.8, 4) is 0 Å². The number of nitrogens with two attached hydrogens (primary N) is 1. The van der Waals surface area contributed by atoms with Gasteiger partial charge in [-0.25, -0.2) is 0 Å². The zero-order valence-electron chi connectivity index (χ0n) is 7.14. The molecule has 2 N–H and O–H groups in total. The molecule has 3 heteroatoms. The maximum atomic E-state index is 5.28. The van der Waals surface area contributed by atoms with Crippen LogP contribution in [0.4, 0.5) is 0 Å². The molecule has 1 aliphatic rings. The molecule has 0 aromatic rings. The van der Waals surface area contributed by atoms with E-state index in [2.05, 4.69) is 6.92 Å². The second-order valence-electron chi connectivity index (χ2n) is 3.45. The SMILES string of the molecule is CC1(CCOCCN)COC1. The van der Waals surface area contributed by atoms with E-state index in [0.717, 1.165) is 26.2 Å². The molecular weight excluding hydrogens is 142 g/mol. The first kappa shape index (κ1) is 8.97. The average molecular weight is 159 g/mol. The lowest BCUT2D eigenvalue weighted by Gasteiger charge is -2.37. The third kappa shape index (κ3) is 2.77. The van der Waals surface area contributed by atoms with Crippen LogP contribution < -0.4 is 5.73 Å². The van der Waals surface area contributed by atoms with E-state index < -0.39 is 0 Å². The summed E-state index contributed by atoms with van der Waals surface area (Å²) in [6.45, 7) is 6.11. The number of hydrogen-bond acceptors (Lipinski definition) is 3. The molecule has 0 aromatic carbocycles. The molecule has 1 aliphatic heterocycles. The summed E-state index contributed by atoms with van der Waals surface area (Å²) in [7, 11) is 0. The van der Waals surface area contributed by atoms with Gasteiger partial charge in [-0.2, -0.15) is 0 Å². The summed E-state index contributed by atoms with van der Waals surface area (Å²) >= 11 is 0. The van der Waals surface area contributed by atoms with Crippen LogP contribution in [0.5, 0.6) is 0 Å². The molecule has 0 radical (unpaired) electrons. The molecule has 11 heavy (non-hydrogen) atoms. The number of rotatable bonds is 5. The predicted octanol–water partition coefficient (Wildman–Crippen LogP) is 0.388. The summed E-state index contributed by atoms with van der Waals surface area (Å²) in [5, 5.41) is 0. The summed E-state index contributed by atoms with van der Waals surface area (Å²) in [5.41, 5.74) is 5.66. The van der Waals surface area contributed by atoms with E-state index >= 15 is 0 Å². The van der Waals surface area contributed by atoms with Crippen molar-refractivity contribution in [2.24, 2.45) is 11.1 Å². The minimum absolute atomic E-state index is 0.384. The lowest BCUT2D eigenvalue weighted by atomic mass is 9.85. The maximum absolute atomic E-state index is 5.28. The maximum Gasteiger partial charge on any atom is 0.0588 e. The van der Waals surface area contributed by atoms with Crippen molar-refractivity contribution in [3.63, 3.8) is 0 Å². The molecular formula is C8H17NO2. The van der Waals surface area contributed by atoms with E-state index in [1.807, 2.05) is 0 Å². The van der Waals surface area contributed by atoms with E-state index in [-0.39, 0.29) is 0 Å². The van der Waals surface area contributed by atoms with Crippen LogP contribution in [0.2, 0.25) is 0 Å². The minimum Gasteiger partial charge on any atom is -0.380 e. The van der Waals surface area contributed by atoms with Gasteiger partial charge in [-0.15, -0.1) is 0 Å². The van der Waals surface area contributed by atoms with Crippen LogP contribution in [-0.4, -0.2) is 33.0 Å². The highest BCUT2D eigenvalue weighted by Gasteiger charge is 2.32. The highest BCUT2D eigenvalue weighted by atomic mass is 16.5. The van der Waals surface area contributed by atoms with Gasteiger partial charge in [-0.3, -0.25) is 0 Å². The largest absolute Gasteiger partial charge is 0.380 e. The Hall–Kier alpha value is -0.120. The topological polar surface area (TPSA) is 44.5 Å². The van der Waals surface area contributed by atoms with E-state index in [1.54, 1.807) is 0 Å². The Bertz CT molecular complexity index is 113. The summed E-state index contributed by atoms with van der Waals surface area (Å²) in [4.78, 5) is 0. The standard InChI is InChI=1S/C8H17NO2/c1-8(6-11-7-8)2-4-10-5-3-9/h2-7,9H2,1H3. The number of ether oxygens (including phenoxy) is 2. The lowest BCUT2D eigenvalue weighted by molar-refractivity contribution is -0.114. The Labute approximate surface area is 67.9 Å². The van der Waals surface area contributed by atoms with Gasteiger partial charge in [0.15, 0.2) is 0 Å². The Morgan fingerprint density at radius 3 is 2.64 bits per heavy atom. The third-order valence-electron chi connectivity index (χ3n) is 2.01. The van der Waals surface area contributed by atoms with E-state index in [0.29, 0.717) is 18.6 Å². The Morgan fingerprint density at radius 2 is 2.18 bits per heavy atom. The van der Waals surface area contributed by atoms with Gasteiger partial charge in [-0.1, -0.05) is 6.92 Å². The van der Waals surface area contributed by atoms with Gasteiger partial charge >= 0.3 is 0 Å². The summed E-state index contributed by atoms with van der Waals surface area (Å²) in [6.07, 6.45) is 1.09. The van der Waals surface area contributed by atoms with E-state index in [4.69, 9.17) is 15.2 Å². The van der Waals surface area contributed by atoms with E-state index in [9.17, 15) is 0 Å². The first-order chi connectivity index (χ1) is 5.27. The molecule has 0 bridgehead atoms. The quantitative estimate of drug-likeness (QED) is 0.590. The first-order valence-electron chi connectivity index (χ1n) is 4.12. The molecule has 0 unspecified atom stereocenters. The Morgan fingerprint density at radius 1 is 1.45 bits per heavy atom. The molecule has 0 amide bonds. The van der Waals surface area contributed by atoms with Crippen LogP contribution in [0, 0.1) is 5.41 Å². The van der Waals surface area contributed by atoms with Crippen LogP contribution in [0.3, 0.4) is 0 Å². The molecule has 66 valence electrons. The summed E-state index contributed by atoms with van der Waals surface area (Å²) in [6, 6.07) is 0. The van der Waals surface area contributed by atoms with Gasteiger partial charge in [0, 0.05) is 18.6 Å². The highest BCUT2D eigenvalue weighted by Crippen LogP contribution is 2.29. The Kier molecular flexibility index (Phi) is 3.30. The van der Waals surface area contributed by atoms with Gasteiger partial charge in [0.25, 0.3) is 0 Å². The van der Waals surface area contributed by atoms with Crippen molar-refractivity contribution >= 4 is 0 Å². The molecule has 0 atom stereocenters. The molecule has 1 saturated heterocycles. The zero-order chi connectivity index (χ0) is 8.16. The second-order valence-corrected chi connectivity index (χ2v) is 3.45. The van der Waals surface area contributed by atoms with Crippen molar-refractivity contribution in [1.29, 1.82) is 0 Å². The van der Waals surface area contributed by atoms with Crippen LogP contribution in [0.25, 0.3) is 0 Å². The third-order valence-corrected chi connectivity index (χ3v) is 2.01. The second kappa shape index (κ2) is 4.04. The Balaban J connectivity index is 1.94. The molecule has 0 aromatic heterocycles. The van der Waals surface area contributed by atoms with Crippen LogP contribution in [0.1, 0.15) is 13.3 Å². The van der Waals surface area contributed by atoms with Crippen LogP contribution in [-0.2, 0) is 9.47 Å². The normalized spacial score (nSPS) is 21.3. The van der Waals surface area contributed by atoms with Gasteiger partial charge in [0.1, 0.15) is 0 Å². The number of hydrogen-bond donors (Lipinski definition) is 1. The van der Waals surface area contributed by atoms with Crippen molar-refractivity contribution in [3.05, 3.63) is 0 Å². The molecule has 1 heterocycles. The first-order valence-corrected chi connectivity index (χ1v) is 4.12. The molecule has 0 spiro atoms. The summed E-state index contributed by atoms with van der Waals surface area (Å²) < 4.78 is 10.4. The van der Waals surface area contributed by atoms with Crippen molar-refractivity contribution < 1.29 is 9.47 Å². The van der Waals surface area contributed by atoms with Gasteiger partial charge in [0.2, 0.25) is 0 Å².